The first-order valence-electron chi connectivity index (χ1n) is 21.0. The van der Waals surface area contributed by atoms with Crippen molar-refractivity contribution in [3.63, 3.8) is 0 Å². The summed E-state index contributed by atoms with van der Waals surface area (Å²) in [5.74, 6) is -1.55. The van der Waals surface area contributed by atoms with Crippen molar-refractivity contribution < 1.29 is 55.9 Å². The third-order valence-electron chi connectivity index (χ3n) is 9.65. The van der Waals surface area contributed by atoms with Crippen molar-refractivity contribution >= 4 is 113 Å². The molecule has 0 fully saturated rings. The van der Waals surface area contributed by atoms with Crippen molar-refractivity contribution in [2.45, 2.75) is 31.1 Å². The Bertz CT molecular complexity index is 3250. The van der Waals surface area contributed by atoms with Gasteiger partial charge in [0, 0.05) is 35.0 Å². The van der Waals surface area contributed by atoms with Crippen LogP contribution in [0.4, 0.5) is 69.8 Å². The number of unbranched alkanes of at least 4 members (excludes halogenated alkanes) is 1. The molecule has 7 aromatic rings. The molecule has 26 nitrogen and oxygen atoms in total. The van der Waals surface area contributed by atoms with Crippen LogP contribution < -0.4 is 31.9 Å². The number of fused-ring (bicyclic) bond motifs is 1. The molecule has 0 radical (unpaired) electrons. The fourth-order valence-corrected chi connectivity index (χ4v) is 7.62. The first-order valence-corrected chi connectivity index (χ1v) is 25.0. The van der Waals surface area contributed by atoms with Gasteiger partial charge in [-0.25, -0.2) is 5.26 Å². The number of benzene rings is 5. The summed E-state index contributed by atoms with van der Waals surface area (Å²) in [7, 11) is -8.63. The minimum Gasteiger partial charge on any atom is -0.508 e. The number of azo groups is 1. The van der Waals surface area contributed by atoms with E-state index in [9.17, 15) is 41.3 Å². The van der Waals surface area contributed by atoms with E-state index in [1.807, 2.05) is 13.0 Å². The molecule has 0 saturated carbocycles. The second-order valence-electron chi connectivity index (χ2n) is 15.0. The molecule has 0 saturated heterocycles. The number of nitrogens with zero attached hydrogens (tertiary/aromatic N) is 8. The summed E-state index contributed by atoms with van der Waals surface area (Å²) in [5.41, 5.74) is 3.06. The van der Waals surface area contributed by atoms with Gasteiger partial charge in [0.05, 0.1) is 40.3 Å². The van der Waals surface area contributed by atoms with Gasteiger partial charge in [-0.05, 0) is 109 Å². The number of hydrogen-bond donors (Lipinski definition) is 12. The zero-order valence-corrected chi connectivity index (χ0v) is 39.5. The minimum absolute atomic E-state index is 0.0111. The second kappa shape index (κ2) is 23.2. The first kappa shape index (κ1) is 51.1. The molecule has 0 unspecified atom stereocenters. The van der Waals surface area contributed by atoms with Crippen LogP contribution in [0.15, 0.2) is 106 Å². The number of aromatic hydroxyl groups is 3. The van der Waals surface area contributed by atoms with Crippen molar-refractivity contribution in [3.8, 4) is 17.2 Å². The Balaban J connectivity index is 1.25. The van der Waals surface area contributed by atoms with Crippen LogP contribution in [-0.4, -0.2) is 101 Å². The third kappa shape index (κ3) is 15.4. The second-order valence-corrected chi connectivity index (χ2v) is 18.9. The molecule has 0 atom stereocenters. The van der Waals surface area contributed by atoms with Gasteiger partial charge in [0.1, 0.15) is 22.9 Å². The lowest BCUT2D eigenvalue weighted by Gasteiger charge is -2.15. The van der Waals surface area contributed by atoms with E-state index in [2.05, 4.69) is 81.4 Å². The first-order chi connectivity index (χ1) is 34.0. The number of hydrogen-bond acceptors (Lipinski definition) is 25. The summed E-state index contributed by atoms with van der Waals surface area (Å²) in [6, 6.07) is 23.6. The van der Waals surface area contributed by atoms with Crippen LogP contribution in [0.2, 0.25) is 0 Å². The van der Waals surface area contributed by atoms with Crippen LogP contribution in [0.5, 0.6) is 17.2 Å². The van der Waals surface area contributed by atoms with E-state index in [-0.39, 0.29) is 82.8 Å². The molecule has 0 bridgehead atoms. The molecule has 372 valence electrons. The SMILES string of the molecule is CCCCc1cc(Nc2nc(NCCS(=O)(=O)O)nc(Nc3ccc(O)cc3)n2)ccc1N=Nc1c(Nc2nc(NCCS(=O)(=O)O)nc(Nc3ccc(O)cc3)n2)ccc2cc(SOOO)cc(O)c12. The summed E-state index contributed by atoms with van der Waals surface area (Å²) in [5, 5.41) is 71.4. The molecule has 0 amide bonds. The van der Waals surface area contributed by atoms with Crippen LogP contribution in [0.25, 0.3) is 10.8 Å². The zero-order chi connectivity index (χ0) is 50.5. The number of phenolic OH excluding ortho intramolecular Hbond substituents is 3. The van der Waals surface area contributed by atoms with Crippen molar-refractivity contribution in [2.75, 3.05) is 56.5 Å². The van der Waals surface area contributed by atoms with Gasteiger partial charge in [0.15, 0.2) is 0 Å². The standard InChI is InChI=1S/C42H44N14O12S3/c1-2-3-4-24-21-28(47-41-51-37(43-17-19-70(61,62)63)49-39(53-41)45-26-6-11-29(57)12-7-26)10-16-32(24)55-56-36-33(15-5-25-22-31(69-68-67-60)23-34(59)35(25)36)48-42-52-38(44-18-20-71(64,65)66)50-40(54-42)46-27-8-13-30(58)14-9-27/h5-16,21-23,57-60H,2-4,17-20H2,1H3,(H,61,62,63)(H,64,65,66)(H3,43,45,47,49,51,53)(H3,44,46,48,50,52,54). The largest absolute Gasteiger partial charge is 0.508 e. The molecule has 5 aromatic carbocycles. The van der Waals surface area contributed by atoms with Gasteiger partial charge in [0.2, 0.25) is 35.7 Å². The Morgan fingerprint density at radius 2 is 1.11 bits per heavy atom. The van der Waals surface area contributed by atoms with Crippen LogP contribution >= 0.6 is 12.0 Å². The topological polar surface area (TPSA) is 382 Å². The van der Waals surface area contributed by atoms with Gasteiger partial charge in [-0.1, -0.05) is 24.4 Å². The highest BCUT2D eigenvalue weighted by Crippen LogP contribution is 2.44. The number of rotatable bonds is 24. The maximum atomic E-state index is 11.5. The smallest absolute Gasteiger partial charge is 0.266 e. The van der Waals surface area contributed by atoms with E-state index >= 15 is 0 Å². The number of anilines is 10. The molecule has 29 heteroatoms. The fraction of sp³-hybridized carbons (Fsp3) is 0.190. The highest BCUT2D eigenvalue weighted by atomic mass is 32.2. The number of aromatic nitrogens is 6. The van der Waals surface area contributed by atoms with E-state index in [1.54, 1.807) is 54.6 Å². The molecular formula is C42H44N14O12S3. The van der Waals surface area contributed by atoms with E-state index in [0.29, 0.717) is 51.5 Å². The normalized spacial score (nSPS) is 11.7. The predicted molar refractivity (Wildman–Crippen MR) is 264 cm³/mol. The van der Waals surface area contributed by atoms with E-state index in [4.69, 9.17) is 5.26 Å². The molecule has 71 heavy (non-hydrogen) atoms. The maximum Gasteiger partial charge on any atom is 0.266 e. The van der Waals surface area contributed by atoms with Gasteiger partial charge in [-0.3, -0.25) is 9.11 Å². The molecular weight excluding hydrogens is 989 g/mol. The van der Waals surface area contributed by atoms with Gasteiger partial charge in [-0.15, -0.1) is 9.45 Å². The molecule has 0 aliphatic rings. The molecule has 2 aromatic heterocycles. The highest BCUT2D eigenvalue weighted by molar-refractivity contribution is 7.94. The van der Waals surface area contributed by atoms with Crippen molar-refractivity contribution in [1.82, 2.24) is 29.9 Å². The van der Waals surface area contributed by atoms with Crippen molar-refractivity contribution in [1.29, 1.82) is 0 Å². The summed E-state index contributed by atoms with van der Waals surface area (Å²) < 4.78 is 68.9. The Labute approximate surface area is 408 Å². The predicted octanol–water partition coefficient (Wildman–Crippen LogP) is 8.09. The van der Waals surface area contributed by atoms with Crippen LogP contribution in [0.1, 0.15) is 25.3 Å². The fourth-order valence-electron chi connectivity index (χ4n) is 6.45. The molecule has 2 heterocycles. The lowest BCUT2D eigenvalue weighted by atomic mass is 10.1. The van der Waals surface area contributed by atoms with E-state index < -0.39 is 31.7 Å². The van der Waals surface area contributed by atoms with Crippen molar-refractivity contribution in [3.05, 3.63) is 96.6 Å². The lowest BCUT2D eigenvalue weighted by Crippen LogP contribution is -2.17. The van der Waals surface area contributed by atoms with E-state index in [0.717, 1.165) is 18.4 Å². The summed E-state index contributed by atoms with van der Waals surface area (Å²) in [6.45, 7) is 1.54. The quantitative estimate of drug-likeness (QED) is 0.00679. The Morgan fingerprint density at radius 1 is 0.606 bits per heavy atom. The zero-order valence-electron chi connectivity index (χ0n) is 37.0. The van der Waals surface area contributed by atoms with Crippen molar-refractivity contribution in [2.24, 2.45) is 10.2 Å². The lowest BCUT2D eigenvalue weighted by molar-refractivity contribution is -0.432. The van der Waals surface area contributed by atoms with Gasteiger partial charge in [0.25, 0.3) is 20.2 Å². The van der Waals surface area contributed by atoms with Gasteiger partial charge in [-0.2, -0.15) is 51.9 Å². The molecule has 12 N–H and O–H groups in total. The average molecular weight is 1030 g/mol. The van der Waals surface area contributed by atoms with E-state index in [1.165, 1.54) is 30.3 Å². The van der Waals surface area contributed by atoms with Crippen LogP contribution in [0.3, 0.4) is 0 Å². The third-order valence-corrected chi connectivity index (χ3v) is 11.6. The maximum absolute atomic E-state index is 11.5. The minimum atomic E-state index is -4.34. The van der Waals surface area contributed by atoms with Crippen LogP contribution in [-0.2, 0) is 36.0 Å². The molecule has 0 spiro atoms. The average Bonchev–Trinajstić information content (AvgIpc) is 3.31. The summed E-state index contributed by atoms with van der Waals surface area (Å²) >= 11 is 0.628. The Morgan fingerprint density at radius 3 is 1.63 bits per heavy atom. The van der Waals surface area contributed by atoms with Gasteiger partial charge < -0.3 is 47.2 Å². The Kier molecular flexibility index (Phi) is 16.7. The molecule has 7 rings (SSSR count). The molecule has 0 aliphatic heterocycles. The number of nitrogens with one attached hydrogen (secondary N) is 6. The van der Waals surface area contributed by atoms with Gasteiger partial charge >= 0.3 is 0 Å². The Hall–Kier alpha value is -7.77. The number of aryl methyl sites for hydroxylation is 1. The van der Waals surface area contributed by atoms with Crippen LogP contribution in [0, 0.1) is 0 Å². The number of phenols is 3. The summed E-state index contributed by atoms with van der Waals surface area (Å²) in [6.07, 6.45) is 2.12. The molecule has 0 aliphatic carbocycles. The monoisotopic (exact) mass is 1030 g/mol. The summed E-state index contributed by atoms with van der Waals surface area (Å²) in [4.78, 5) is 26.7. The highest BCUT2D eigenvalue weighted by Gasteiger charge is 2.18.